The predicted octanol–water partition coefficient (Wildman–Crippen LogP) is 0.929. The van der Waals surface area contributed by atoms with Crippen LogP contribution in [-0.2, 0) is 21.8 Å². The van der Waals surface area contributed by atoms with Gasteiger partial charge in [-0.05, 0) is 6.92 Å². The molecule has 0 saturated heterocycles. The van der Waals surface area contributed by atoms with Crippen LogP contribution in [0, 0.1) is 6.92 Å². The maximum absolute atomic E-state index is 11.1. The molecule has 1 aromatic heterocycles. The summed E-state index contributed by atoms with van der Waals surface area (Å²) in [6.45, 7) is 8.36. The second-order valence-electron chi connectivity index (χ2n) is 5.10. The highest BCUT2D eigenvalue weighted by atomic mass is 32.2. The summed E-state index contributed by atoms with van der Waals surface area (Å²) in [4.78, 5) is 0. The van der Waals surface area contributed by atoms with Crippen molar-refractivity contribution >= 4 is 9.84 Å². The van der Waals surface area contributed by atoms with Gasteiger partial charge in [0.05, 0.1) is 5.75 Å². The Kier molecular flexibility index (Phi) is 3.42. The van der Waals surface area contributed by atoms with Crippen LogP contribution in [0.3, 0.4) is 0 Å². The van der Waals surface area contributed by atoms with Crippen LogP contribution in [0.25, 0.3) is 0 Å². The summed E-state index contributed by atoms with van der Waals surface area (Å²) in [7, 11) is -2.96. The van der Waals surface area contributed by atoms with Gasteiger partial charge in [0.25, 0.3) is 0 Å². The van der Waals surface area contributed by atoms with E-state index in [1.807, 2.05) is 32.3 Å². The first-order valence-corrected chi connectivity index (χ1v) is 7.25. The molecule has 0 spiro atoms. The first kappa shape index (κ1) is 13.2. The van der Waals surface area contributed by atoms with Crippen molar-refractivity contribution in [2.75, 3.05) is 12.0 Å². The first-order valence-electron chi connectivity index (χ1n) is 5.19. The molecule has 0 saturated carbocycles. The average molecular weight is 245 g/mol. The molecule has 0 atom stereocenters. The van der Waals surface area contributed by atoms with Crippen molar-refractivity contribution in [3.05, 3.63) is 11.6 Å². The van der Waals surface area contributed by atoms with E-state index in [0.717, 1.165) is 11.6 Å². The van der Waals surface area contributed by atoms with Gasteiger partial charge in [-0.3, -0.25) is 0 Å². The lowest BCUT2D eigenvalue weighted by molar-refractivity contribution is 0.500. The minimum atomic E-state index is -2.96. The lowest BCUT2D eigenvalue weighted by atomic mass is 9.96. The molecule has 16 heavy (non-hydrogen) atoms. The molecule has 0 aliphatic carbocycles. The van der Waals surface area contributed by atoms with E-state index < -0.39 is 9.84 Å². The van der Waals surface area contributed by atoms with Gasteiger partial charge in [-0.15, -0.1) is 10.2 Å². The monoisotopic (exact) mass is 245 g/mol. The molecule has 92 valence electrons. The maximum atomic E-state index is 11.1. The summed E-state index contributed by atoms with van der Waals surface area (Å²) < 4.78 is 24.2. The van der Waals surface area contributed by atoms with E-state index in [1.54, 1.807) is 0 Å². The number of nitrogens with zero attached hydrogens (tertiary/aromatic N) is 3. The zero-order valence-corrected chi connectivity index (χ0v) is 11.3. The molecule has 1 heterocycles. The van der Waals surface area contributed by atoms with Crippen LogP contribution >= 0.6 is 0 Å². The van der Waals surface area contributed by atoms with Gasteiger partial charge in [0.1, 0.15) is 21.5 Å². The SMILES string of the molecule is Cc1nnc(C(C)(C)C)n1CCS(C)(=O)=O. The second kappa shape index (κ2) is 4.16. The predicted molar refractivity (Wildman–Crippen MR) is 63.2 cm³/mol. The molecule has 0 aromatic carbocycles. The van der Waals surface area contributed by atoms with Crippen molar-refractivity contribution in [1.82, 2.24) is 14.8 Å². The van der Waals surface area contributed by atoms with E-state index in [-0.39, 0.29) is 11.2 Å². The van der Waals surface area contributed by atoms with Gasteiger partial charge in [-0.2, -0.15) is 0 Å². The molecule has 0 aliphatic rings. The van der Waals surface area contributed by atoms with Crippen LogP contribution in [0.4, 0.5) is 0 Å². The zero-order valence-electron chi connectivity index (χ0n) is 10.5. The lowest BCUT2D eigenvalue weighted by Gasteiger charge is -2.19. The van der Waals surface area contributed by atoms with Gasteiger partial charge in [-0.25, -0.2) is 8.42 Å². The Morgan fingerprint density at radius 2 is 1.81 bits per heavy atom. The molecular weight excluding hydrogens is 226 g/mol. The number of rotatable bonds is 3. The molecule has 0 aliphatic heterocycles. The Labute approximate surface area is 96.8 Å². The quantitative estimate of drug-likeness (QED) is 0.794. The Balaban J connectivity index is 3.00. The van der Waals surface area contributed by atoms with Gasteiger partial charge in [0, 0.05) is 18.2 Å². The Hall–Kier alpha value is -0.910. The molecule has 0 radical (unpaired) electrons. The van der Waals surface area contributed by atoms with Crippen LogP contribution in [0.2, 0.25) is 0 Å². The normalized spacial score (nSPS) is 13.1. The van der Waals surface area contributed by atoms with Crippen molar-refractivity contribution in [1.29, 1.82) is 0 Å². The minimum Gasteiger partial charge on any atom is -0.314 e. The molecule has 0 unspecified atom stereocenters. The van der Waals surface area contributed by atoms with E-state index >= 15 is 0 Å². The molecule has 1 aromatic rings. The zero-order chi connectivity index (χ0) is 12.6. The van der Waals surface area contributed by atoms with E-state index in [4.69, 9.17) is 0 Å². The van der Waals surface area contributed by atoms with E-state index in [1.165, 1.54) is 6.26 Å². The molecular formula is C10H19N3O2S. The number of hydrogen-bond donors (Lipinski definition) is 0. The van der Waals surface area contributed by atoms with Gasteiger partial charge in [0.15, 0.2) is 0 Å². The molecule has 0 bridgehead atoms. The standard InChI is InChI=1S/C10H19N3O2S/c1-8-11-12-9(10(2,3)4)13(8)6-7-16(5,14)15/h6-7H2,1-5H3. The van der Waals surface area contributed by atoms with Crippen LogP contribution < -0.4 is 0 Å². The largest absolute Gasteiger partial charge is 0.314 e. The van der Waals surface area contributed by atoms with Crippen LogP contribution in [0.1, 0.15) is 32.4 Å². The lowest BCUT2D eigenvalue weighted by Crippen LogP contribution is -2.22. The summed E-state index contributed by atoms with van der Waals surface area (Å²) in [6.07, 6.45) is 1.24. The first-order chi connectivity index (χ1) is 7.11. The van der Waals surface area contributed by atoms with Crippen LogP contribution in [0.15, 0.2) is 0 Å². The van der Waals surface area contributed by atoms with Gasteiger partial charge in [-0.1, -0.05) is 20.8 Å². The number of aromatic nitrogens is 3. The topological polar surface area (TPSA) is 64.8 Å². The second-order valence-corrected chi connectivity index (χ2v) is 7.36. The highest BCUT2D eigenvalue weighted by molar-refractivity contribution is 7.90. The fourth-order valence-electron chi connectivity index (χ4n) is 1.46. The van der Waals surface area contributed by atoms with Crippen molar-refractivity contribution in [2.24, 2.45) is 0 Å². The summed E-state index contributed by atoms with van der Waals surface area (Å²) in [5, 5.41) is 8.11. The van der Waals surface area contributed by atoms with E-state index in [9.17, 15) is 8.42 Å². The highest BCUT2D eigenvalue weighted by Crippen LogP contribution is 2.20. The van der Waals surface area contributed by atoms with Crippen LogP contribution in [0.5, 0.6) is 0 Å². The number of hydrogen-bond acceptors (Lipinski definition) is 4. The third-order valence-electron chi connectivity index (χ3n) is 2.29. The fraction of sp³-hybridized carbons (Fsp3) is 0.800. The van der Waals surface area contributed by atoms with Gasteiger partial charge in [0.2, 0.25) is 0 Å². The summed E-state index contributed by atoms with van der Waals surface area (Å²) >= 11 is 0. The van der Waals surface area contributed by atoms with Gasteiger partial charge >= 0.3 is 0 Å². The molecule has 0 fully saturated rings. The number of aryl methyl sites for hydroxylation is 1. The molecule has 1 rings (SSSR count). The Bertz CT molecular complexity index is 469. The highest BCUT2D eigenvalue weighted by Gasteiger charge is 2.22. The molecule has 0 amide bonds. The van der Waals surface area contributed by atoms with Crippen molar-refractivity contribution < 1.29 is 8.42 Å². The molecule has 5 nitrogen and oxygen atoms in total. The Morgan fingerprint density at radius 3 is 2.25 bits per heavy atom. The van der Waals surface area contributed by atoms with Gasteiger partial charge < -0.3 is 4.57 Å². The smallest absolute Gasteiger partial charge is 0.149 e. The van der Waals surface area contributed by atoms with Crippen molar-refractivity contribution in [2.45, 2.75) is 39.7 Å². The average Bonchev–Trinajstić information content (AvgIpc) is 2.41. The summed E-state index contributed by atoms with van der Waals surface area (Å²) in [5.74, 6) is 1.71. The maximum Gasteiger partial charge on any atom is 0.149 e. The third-order valence-corrected chi connectivity index (χ3v) is 3.22. The van der Waals surface area contributed by atoms with Crippen molar-refractivity contribution in [3.8, 4) is 0 Å². The fourth-order valence-corrected chi connectivity index (χ4v) is 1.97. The van der Waals surface area contributed by atoms with E-state index in [0.29, 0.717) is 6.54 Å². The molecule has 0 N–H and O–H groups in total. The number of sulfone groups is 1. The van der Waals surface area contributed by atoms with Crippen LogP contribution in [-0.4, -0.2) is 35.2 Å². The Morgan fingerprint density at radius 1 is 1.25 bits per heavy atom. The summed E-state index contributed by atoms with van der Waals surface area (Å²) in [6, 6.07) is 0. The molecule has 6 heteroatoms. The minimum absolute atomic E-state index is 0.120. The summed E-state index contributed by atoms with van der Waals surface area (Å²) in [5.41, 5.74) is -0.126. The third kappa shape index (κ3) is 3.30. The van der Waals surface area contributed by atoms with E-state index in [2.05, 4.69) is 10.2 Å². The van der Waals surface area contributed by atoms with Crippen molar-refractivity contribution in [3.63, 3.8) is 0 Å².